The molecule has 0 amide bonds. The van der Waals surface area contributed by atoms with Gasteiger partial charge < -0.3 is 15.1 Å². The number of phenolic OH excluding ortho intramolecular Hbond substituents is 1. The molecule has 3 unspecified atom stereocenters. The van der Waals surface area contributed by atoms with Crippen LogP contribution in [-0.4, -0.2) is 39.8 Å². The first-order valence-electron chi connectivity index (χ1n) is 12.7. The molecule has 1 saturated heterocycles. The second-order valence-corrected chi connectivity index (χ2v) is 12.0. The maximum atomic E-state index is 13.5. The standard InChI is InChI=1S/C30H42N2O3/c1-8-12-20-17-32(28(31)25(20)26(34)19-13-10-9-11-14-19)18-24(33)21-15-22(29(2,3)4)27(35)23(16-21)30(5,6)7/h9-11,13-16,20,25-26,31,34-35H,8,12,17-18H2,1-7H3. The molecule has 3 rings (SSSR count). The van der Waals surface area contributed by atoms with E-state index in [0.29, 0.717) is 17.9 Å². The molecule has 0 bridgehead atoms. The molecule has 1 aliphatic heterocycles. The zero-order chi connectivity index (χ0) is 26.1. The van der Waals surface area contributed by atoms with E-state index in [4.69, 9.17) is 5.41 Å². The normalized spacial score (nSPS) is 19.8. The molecule has 1 aliphatic rings. The minimum atomic E-state index is -0.769. The number of aromatic hydroxyl groups is 1. The number of aliphatic hydroxyl groups is 1. The number of benzene rings is 2. The van der Waals surface area contributed by atoms with Gasteiger partial charge in [-0.05, 0) is 40.9 Å². The van der Waals surface area contributed by atoms with Crippen LogP contribution in [0, 0.1) is 17.2 Å². The molecule has 190 valence electrons. The van der Waals surface area contributed by atoms with Crippen molar-refractivity contribution in [3.63, 3.8) is 0 Å². The first-order valence-corrected chi connectivity index (χ1v) is 12.7. The van der Waals surface area contributed by atoms with Gasteiger partial charge in [0.15, 0.2) is 5.78 Å². The number of phenols is 1. The summed E-state index contributed by atoms with van der Waals surface area (Å²) in [6.45, 7) is 15.0. The number of hydrogen-bond acceptors (Lipinski definition) is 4. The predicted molar refractivity (Wildman–Crippen MR) is 142 cm³/mol. The average molecular weight is 479 g/mol. The summed E-state index contributed by atoms with van der Waals surface area (Å²) in [7, 11) is 0. The SMILES string of the molecule is CCCC1CN(CC(=O)c2cc(C(C)(C)C)c(O)c(C(C)(C)C)c2)C(=N)C1C(O)c1ccccc1. The zero-order valence-electron chi connectivity index (χ0n) is 22.4. The molecule has 5 heteroatoms. The predicted octanol–water partition coefficient (Wildman–Crippen LogP) is 6.23. The number of aliphatic hydroxyl groups excluding tert-OH is 1. The van der Waals surface area contributed by atoms with Gasteiger partial charge >= 0.3 is 0 Å². The maximum absolute atomic E-state index is 13.5. The Morgan fingerprint density at radius 2 is 1.60 bits per heavy atom. The summed E-state index contributed by atoms with van der Waals surface area (Å²) < 4.78 is 0. The Hall–Kier alpha value is -2.66. The van der Waals surface area contributed by atoms with Gasteiger partial charge in [0.25, 0.3) is 0 Å². The zero-order valence-corrected chi connectivity index (χ0v) is 22.4. The number of nitrogens with zero attached hydrogens (tertiary/aromatic N) is 1. The van der Waals surface area contributed by atoms with Crippen LogP contribution in [0.3, 0.4) is 0 Å². The van der Waals surface area contributed by atoms with E-state index in [2.05, 4.69) is 6.92 Å². The first-order chi connectivity index (χ1) is 16.3. The fourth-order valence-corrected chi connectivity index (χ4v) is 5.19. The molecule has 3 atom stereocenters. The van der Waals surface area contributed by atoms with Crippen molar-refractivity contribution < 1.29 is 15.0 Å². The lowest BCUT2D eigenvalue weighted by molar-refractivity contribution is 0.0962. The van der Waals surface area contributed by atoms with Crippen LogP contribution in [0.4, 0.5) is 0 Å². The van der Waals surface area contributed by atoms with Crippen molar-refractivity contribution in [2.24, 2.45) is 11.8 Å². The van der Waals surface area contributed by atoms with Gasteiger partial charge in [0.2, 0.25) is 0 Å². The van der Waals surface area contributed by atoms with Gasteiger partial charge in [-0.1, -0.05) is 85.2 Å². The Morgan fingerprint density at radius 1 is 1.06 bits per heavy atom. The largest absolute Gasteiger partial charge is 0.507 e. The summed E-state index contributed by atoms with van der Waals surface area (Å²) in [5.41, 5.74) is 2.23. The number of carbonyl (C=O) groups excluding carboxylic acids is 1. The van der Waals surface area contributed by atoms with Crippen LogP contribution in [0.25, 0.3) is 0 Å². The van der Waals surface area contributed by atoms with Crippen molar-refractivity contribution >= 4 is 11.6 Å². The fourth-order valence-electron chi connectivity index (χ4n) is 5.19. The van der Waals surface area contributed by atoms with Gasteiger partial charge in [0.05, 0.1) is 18.6 Å². The molecule has 0 aromatic heterocycles. The van der Waals surface area contributed by atoms with E-state index in [1.807, 2.05) is 88.9 Å². The number of likely N-dealkylation sites (tertiary alicyclic amines) is 1. The molecule has 35 heavy (non-hydrogen) atoms. The van der Waals surface area contributed by atoms with Crippen molar-refractivity contribution in [1.29, 1.82) is 5.41 Å². The minimum Gasteiger partial charge on any atom is -0.507 e. The third kappa shape index (κ3) is 5.78. The van der Waals surface area contributed by atoms with E-state index >= 15 is 0 Å². The number of Topliss-reactive ketones (excluding diaryl/α,β-unsaturated/α-hetero) is 1. The lowest BCUT2D eigenvalue weighted by Gasteiger charge is -2.28. The molecule has 3 N–H and O–H groups in total. The summed E-state index contributed by atoms with van der Waals surface area (Å²) in [4.78, 5) is 15.4. The summed E-state index contributed by atoms with van der Waals surface area (Å²) >= 11 is 0. The highest BCUT2D eigenvalue weighted by Crippen LogP contribution is 2.41. The molecule has 2 aromatic rings. The minimum absolute atomic E-state index is 0.0733. The van der Waals surface area contributed by atoms with Crippen LogP contribution in [0.1, 0.15) is 94.5 Å². The summed E-state index contributed by atoms with van der Waals surface area (Å²) in [5.74, 6) is 0.297. The highest BCUT2D eigenvalue weighted by molar-refractivity contribution is 6.01. The van der Waals surface area contributed by atoms with Crippen molar-refractivity contribution in [1.82, 2.24) is 4.90 Å². The molecule has 1 fully saturated rings. The van der Waals surface area contributed by atoms with Crippen LogP contribution >= 0.6 is 0 Å². The number of nitrogens with one attached hydrogen (secondary N) is 1. The Bertz CT molecular complexity index is 1030. The van der Waals surface area contributed by atoms with E-state index < -0.39 is 6.10 Å². The third-order valence-electron chi connectivity index (χ3n) is 7.14. The smallest absolute Gasteiger partial charge is 0.182 e. The van der Waals surface area contributed by atoms with Gasteiger partial charge in [-0.15, -0.1) is 0 Å². The second kappa shape index (κ2) is 10.1. The highest BCUT2D eigenvalue weighted by atomic mass is 16.3. The Labute approximate surface area is 210 Å². The van der Waals surface area contributed by atoms with Gasteiger partial charge in [0, 0.05) is 23.2 Å². The summed E-state index contributed by atoms with van der Waals surface area (Å²) in [5, 5.41) is 31.1. The van der Waals surface area contributed by atoms with Gasteiger partial charge in [-0.25, -0.2) is 0 Å². The third-order valence-corrected chi connectivity index (χ3v) is 7.14. The summed E-state index contributed by atoms with van der Waals surface area (Å²) in [6, 6.07) is 13.1. The highest BCUT2D eigenvalue weighted by Gasteiger charge is 2.42. The lowest BCUT2D eigenvalue weighted by atomic mass is 9.78. The number of ketones is 1. The maximum Gasteiger partial charge on any atom is 0.182 e. The van der Waals surface area contributed by atoms with Gasteiger partial charge in [-0.2, -0.15) is 0 Å². The lowest BCUT2D eigenvalue weighted by Crippen LogP contribution is -2.34. The summed E-state index contributed by atoms with van der Waals surface area (Å²) in [6.07, 6.45) is 1.08. The van der Waals surface area contributed by atoms with Crippen molar-refractivity contribution in [2.45, 2.75) is 78.2 Å². The number of amidine groups is 1. The van der Waals surface area contributed by atoms with Gasteiger partial charge in [-0.3, -0.25) is 10.2 Å². The second-order valence-electron chi connectivity index (χ2n) is 12.0. The Balaban J connectivity index is 1.91. The van der Waals surface area contributed by atoms with Crippen LogP contribution < -0.4 is 0 Å². The van der Waals surface area contributed by atoms with Crippen LogP contribution in [-0.2, 0) is 10.8 Å². The molecule has 0 aliphatic carbocycles. The molecule has 0 saturated carbocycles. The molecule has 0 radical (unpaired) electrons. The Kier molecular flexibility index (Phi) is 7.80. The van der Waals surface area contributed by atoms with Crippen LogP contribution in [0.2, 0.25) is 0 Å². The average Bonchev–Trinajstić information content (AvgIpc) is 3.07. The first kappa shape index (κ1) is 26.9. The van der Waals surface area contributed by atoms with Crippen molar-refractivity contribution in [3.8, 4) is 5.75 Å². The van der Waals surface area contributed by atoms with E-state index in [-0.39, 0.29) is 40.7 Å². The van der Waals surface area contributed by atoms with E-state index in [1.54, 1.807) is 0 Å². The Morgan fingerprint density at radius 3 is 2.09 bits per heavy atom. The fraction of sp³-hybridized carbons (Fsp3) is 0.533. The van der Waals surface area contributed by atoms with Crippen LogP contribution in [0.15, 0.2) is 42.5 Å². The number of hydrogen-bond donors (Lipinski definition) is 3. The van der Waals surface area contributed by atoms with E-state index in [0.717, 1.165) is 29.5 Å². The molecule has 2 aromatic carbocycles. The molecule has 5 nitrogen and oxygen atoms in total. The topological polar surface area (TPSA) is 84.6 Å². The molecular weight excluding hydrogens is 436 g/mol. The number of rotatable bonds is 7. The monoisotopic (exact) mass is 478 g/mol. The molecular formula is C30H42N2O3. The van der Waals surface area contributed by atoms with E-state index in [9.17, 15) is 15.0 Å². The van der Waals surface area contributed by atoms with Crippen molar-refractivity contribution in [2.75, 3.05) is 13.1 Å². The quantitative estimate of drug-likeness (QED) is 0.412. The number of carbonyl (C=O) groups is 1. The van der Waals surface area contributed by atoms with Crippen LogP contribution in [0.5, 0.6) is 5.75 Å². The van der Waals surface area contributed by atoms with Crippen molar-refractivity contribution in [3.05, 3.63) is 64.7 Å². The molecule has 1 heterocycles. The molecule has 0 spiro atoms. The van der Waals surface area contributed by atoms with E-state index in [1.165, 1.54) is 0 Å². The van der Waals surface area contributed by atoms with Gasteiger partial charge in [0.1, 0.15) is 11.6 Å².